The first-order valence-corrected chi connectivity index (χ1v) is 37.8. The average molecular weight is 1540 g/mol. The van der Waals surface area contributed by atoms with E-state index in [1.165, 1.54) is 35.4 Å². The van der Waals surface area contributed by atoms with Crippen LogP contribution in [0.2, 0.25) is 30.5 Å². The molecule has 0 aliphatic carbocycles. The molecule has 6 aliphatic heterocycles. The molecule has 0 unspecified atom stereocenters. The molecule has 3 aromatic heterocycles. The summed E-state index contributed by atoms with van der Waals surface area (Å²) in [5.74, 6) is 0.905. The van der Waals surface area contributed by atoms with Gasteiger partial charge in [0.05, 0.1) is 19.8 Å². The third-order valence-electron chi connectivity index (χ3n) is 21.3. The minimum atomic E-state index is -0.258. The molecular weight excluding hydrogens is 1460 g/mol. The number of pyridine rings is 3. The van der Waals surface area contributed by atoms with Gasteiger partial charge in [-0.3, -0.25) is 19.3 Å². The maximum Gasteiger partial charge on any atom is 0.258 e. The molecule has 105 heavy (non-hydrogen) atoms. The van der Waals surface area contributed by atoms with Crippen molar-refractivity contribution in [3.8, 4) is 11.5 Å². The molecular formula is C82H81Cl6F2N9O6. The van der Waals surface area contributed by atoms with Gasteiger partial charge in [0.25, 0.3) is 17.7 Å². The Kier molecular flexibility index (Phi) is 24.4. The smallest absolute Gasteiger partial charge is 0.258 e. The number of unbranched alkanes of at least 4 members (excludes halogenated alkanes) is 1. The average Bonchev–Trinajstić information content (AvgIpc) is 1.60. The van der Waals surface area contributed by atoms with Crippen LogP contribution in [0.5, 0.6) is 11.5 Å². The number of nitrogens with zero attached hydrogens (tertiary/aromatic N) is 9. The molecule has 0 N–H and O–H groups in total. The molecule has 0 saturated carbocycles. The molecule has 6 aliphatic rings. The SMILES string of the molecule is Cc1ccc(OCCN2CCC3(CC2)CN(C(=O)c2ccnc(Cl)c2)c2ccc(Cl)cc23)cc1.O=C(c1ccnc(Cl)c1)N1CC2(CCN(CCCCOc3ccc(F)cc3)CC2)c2cc(Cl)ccc21.O=C(c1ccnc(Cl)c1)N1CC2(CCN(CCOCc3ccc(F)cc3)CC2)c2cc(Cl)ccc21. The number of anilines is 3. The van der Waals surface area contributed by atoms with Crippen molar-refractivity contribution < 1.29 is 37.4 Å². The fourth-order valence-corrected chi connectivity index (χ4v) is 16.5. The highest BCUT2D eigenvalue weighted by Crippen LogP contribution is 2.52. The third-order valence-corrected chi connectivity index (χ3v) is 22.6. The second kappa shape index (κ2) is 34.0. The Balaban J connectivity index is 0.000000140. The summed E-state index contributed by atoms with van der Waals surface area (Å²) in [6, 6.07) is 48.2. The Bertz CT molecular complexity index is 4540. The summed E-state index contributed by atoms with van der Waals surface area (Å²) in [7, 11) is 0. The van der Waals surface area contributed by atoms with Crippen molar-refractivity contribution in [3.05, 3.63) is 269 Å². The molecule has 3 fully saturated rings. The summed E-state index contributed by atoms with van der Waals surface area (Å²) in [6.07, 6.45) is 12.4. The fraction of sp³-hybridized carbons (Fsp3) is 0.341. The lowest BCUT2D eigenvalue weighted by atomic mass is 9.74. The summed E-state index contributed by atoms with van der Waals surface area (Å²) in [5.41, 5.74) is 9.74. The Morgan fingerprint density at radius 2 is 0.762 bits per heavy atom. The van der Waals surface area contributed by atoms with Crippen LogP contribution in [-0.4, -0.2) is 146 Å². The first-order valence-electron chi connectivity index (χ1n) is 35.6. The van der Waals surface area contributed by atoms with Crippen molar-refractivity contribution in [1.29, 1.82) is 0 Å². The predicted octanol–water partition coefficient (Wildman–Crippen LogP) is 17.9. The predicted molar refractivity (Wildman–Crippen MR) is 413 cm³/mol. The van der Waals surface area contributed by atoms with Crippen LogP contribution in [0.15, 0.2) is 182 Å². The van der Waals surface area contributed by atoms with Gasteiger partial charge in [0.1, 0.15) is 45.2 Å². The molecule has 23 heteroatoms. The van der Waals surface area contributed by atoms with Gasteiger partial charge in [0.2, 0.25) is 0 Å². The molecule has 0 bridgehead atoms. The molecule has 3 saturated heterocycles. The van der Waals surface area contributed by atoms with Gasteiger partial charge in [-0.05, 0) is 266 Å². The number of amides is 3. The van der Waals surface area contributed by atoms with Crippen LogP contribution >= 0.6 is 69.6 Å². The Labute approximate surface area is 641 Å². The molecule has 3 spiro atoms. The van der Waals surface area contributed by atoms with Gasteiger partial charge in [-0.25, -0.2) is 23.7 Å². The fourth-order valence-electron chi connectivity index (χ4n) is 15.5. The van der Waals surface area contributed by atoms with Crippen molar-refractivity contribution in [3.63, 3.8) is 0 Å². The summed E-state index contributed by atoms with van der Waals surface area (Å²) in [4.78, 5) is 65.2. The van der Waals surface area contributed by atoms with Crippen molar-refractivity contribution in [2.45, 2.75) is 81.1 Å². The Morgan fingerprint density at radius 3 is 1.15 bits per heavy atom. The second-order valence-corrected chi connectivity index (χ2v) is 30.4. The van der Waals surface area contributed by atoms with Gasteiger partial charge in [0, 0.05) is 116 Å². The van der Waals surface area contributed by atoms with Crippen LogP contribution in [0.25, 0.3) is 0 Å². The number of halogens is 8. The molecule has 9 heterocycles. The summed E-state index contributed by atoms with van der Waals surface area (Å²) in [5, 5.41) is 3.00. The van der Waals surface area contributed by atoms with Gasteiger partial charge in [-0.2, -0.15) is 0 Å². The normalized spacial score (nSPS) is 17.0. The van der Waals surface area contributed by atoms with Crippen LogP contribution in [-0.2, 0) is 27.6 Å². The standard InChI is InChI=1S/C28H28Cl2FN3O2.C27H26Cl2FN3O2.C27H27Cl2N3O2/c29-21-3-8-25-24(18-21)28(19-34(25)27(35)20-9-12-32-26(30)17-20)10-14-33(15-11-28)13-1-2-16-36-23-6-4-22(31)5-7-23;28-21-3-6-24-23(16-21)27(18-33(24)26(34)20-7-10-31-25(29)15-20)8-11-32(12-9-27)13-14-35-17-19-1-4-22(30)5-2-19;1-19-2-5-22(6-3-19)34-15-14-31-12-9-27(10-13-31)18-32(24-7-4-21(28)17-23(24)27)26(33)20-8-11-30-25(29)16-20/h3-9,12,17-18H,1-2,10-11,13-16,19H2;1-7,10,15-16H,8-9,11-14,17-18H2;2-8,11,16-17H,9-10,12-15,18H2,1H3. The third kappa shape index (κ3) is 18.1. The number of ether oxygens (including phenoxy) is 3. The molecule has 15 rings (SSSR count). The lowest BCUT2D eigenvalue weighted by molar-refractivity contribution is 0.0753. The van der Waals surface area contributed by atoms with Gasteiger partial charge in [-0.1, -0.05) is 99.4 Å². The van der Waals surface area contributed by atoms with Crippen LogP contribution in [0.3, 0.4) is 0 Å². The Hall–Kier alpha value is -7.78. The number of carbonyl (C=O) groups excluding carboxylic acids is 3. The number of hydrogen-bond donors (Lipinski definition) is 0. The number of hydrogen-bond acceptors (Lipinski definition) is 12. The second-order valence-electron chi connectivity index (χ2n) is 28.0. The molecule has 0 atom stereocenters. The molecule has 6 aromatic carbocycles. The topological polar surface area (TPSA) is 137 Å². The number of likely N-dealkylation sites (tertiary alicyclic amines) is 3. The number of rotatable bonds is 18. The van der Waals surface area contributed by atoms with E-state index in [1.54, 1.807) is 79.3 Å². The van der Waals surface area contributed by atoms with Crippen molar-refractivity contribution in [1.82, 2.24) is 29.7 Å². The van der Waals surface area contributed by atoms with Crippen LogP contribution in [0.4, 0.5) is 25.8 Å². The number of benzene rings is 6. The number of fused-ring (bicyclic) bond motifs is 6. The van der Waals surface area contributed by atoms with Crippen LogP contribution in [0, 0.1) is 18.6 Å². The minimum Gasteiger partial charge on any atom is -0.494 e. The first-order chi connectivity index (χ1) is 50.8. The number of aromatic nitrogens is 3. The van der Waals surface area contributed by atoms with Crippen LogP contribution in [0.1, 0.15) is 110 Å². The molecule has 15 nitrogen and oxygen atoms in total. The van der Waals surface area contributed by atoms with Gasteiger partial charge < -0.3 is 38.7 Å². The monoisotopic (exact) mass is 1540 g/mol. The summed E-state index contributed by atoms with van der Waals surface area (Å²) >= 11 is 37.3. The van der Waals surface area contributed by atoms with E-state index in [0.717, 1.165) is 150 Å². The number of aryl methyl sites for hydroxylation is 1. The van der Waals surface area contributed by atoms with E-state index in [0.29, 0.717) is 99.0 Å². The molecule has 546 valence electrons. The molecule has 9 aromatic rings. The quantitative estimate of drug-likeness (QED) is 0.0597. The highest BCUT2D eigenvalue weighted by molar-refractivity contribution is 6.32. The molecule has 0 radical (unpaired) electrons. The zero-order valence-electron chi connectivity index (χ0n) is 58.3. The highest BCUT2D eigenvalue weighted by Gasteiger charge is 2.50. The number of carbonyl (C=O) groups is 3. The van der Waals surface area contributed by atoms with E-state index in [1.807, 2.05) is 81.4 Å². The largest absolute Gasteiger partial charge is 0.494 e. The van der Waals surface area contributed by atoms with Crippen molar-refractivity contribution in [2.24, 2.45) is 0 Å². The molecule has 3 amide bonds. The van der Waals surface area contributed by atoms with E-state index in [-0.39, 0.29) is 45.6 Å². The zero-order chi connectivity index (χ0) is 73.2. The van der Waals surface area contributed by atoms with Crippen molar-refractivity contribution >= 4 is 104 Å². The van der Waals surface area contributed by atoms with E-state index >= 15 is 0 Å². The lowest BCUT2D eigenvalue weighted by Gasteiger charge is -2.40. The van der Waals surface area contributed by atoms with E-state index < -0.39 is 0 Å². The van der Waals surface area contributed by atoms with Crippen molar-refractivity contribution in [2.75, 3.05) is 113 Å². The van der Waals surface area contributed by atoms with E-state index in [2.05, 4.69) is 48.7 Å². The zero-order valence-corrected chi connectivity index (χ0v) is 62.8. The number of piperidine rings is 3. The maximum absolute atomic E-state index is 13.4. The summed E-state index contributed by atoms with van der Waals surface area (Å²) in [6.45, 7) is 14.7. The van der Waals surface area contributed by atoms with Gasteiger partial charge >= 0.3 is 0 Å². The first kappa shape index (κ1) is 75.5. The van der Waals surface area contributed by atoms with E-state index in [4.69, 9.17) is 83.8 Å². The lowest BCUT2D eigenvalue weighted by Crippen LogP contribution is -2.47. The van der Waals surface area contributed by atoms with Gasteiger partial charge in [-0.15, -0.1) is 0 Å². The van der Waals surface area contributed by atoms with Gasteiger partial charge in [0.15, 0.2) is 0 Å². The van der Waals surface area contributed by atoms with Crippen LogP contribution < -0.4 is 24.2 Å². The maximum atomic E-state index is 13.4. The minimum absolute atomic E-state index is 0.0568. The van der Waals surface area contributed by atoms with E-state index in [9.17, 15) is 23.2 Å². The Morgan fingerprint density at radius 1 is 0.410 bits per heavy atom. The summed E-state index contributed by atoms with van der Waals surface area (Å²) < 4.78 is 43.5. The highest BCUT2D eigenvalue weighted by atomic mass is 35.5.